The highest BCUT2D eigenvalue weighted by Crippen LogP contribution is 2.42. The second kappa shape index (κ2) is 7.77. The van der Waals surface area contributed by atoms with Crippen LogP contribution in [0.15, 0.2) is 91.3 Å². The Kier molecular flexibility index (Phi) is 4.80. The van der Waals surface area contributed by atoms with Gasteiger partial charge in [0.05, 0.1) is 11.7 Å². The quantitative estimate of drug-likeness (QED) is 0.417. The van der Waals surface area contributed by atoms with E-state index < -0.39 is 0 Å². The Morgan fingerprint density at radius 1 is 0.806 bits per heavy atom. The lowest BCUT2D eigenvalue weighted by molar-refractivity contribution is 0.474. The van der Waals surface area contributed by atoms with E-state index in [2.05, 4.69) is 25.8 Å². The number of phenolic OH excluding ortho intramolecular Hbond substituents is 2. The van der Waals surface area contributed by atoms with Crippen LogP contribution < -0.4 is 10.2 Å². The summed E-state index contributed by atoms with van der Waals surface area (Å²) < 4.78 is 2.09. The molecule has 5 rings (SSSR count). The molecule has 0 spiro atoms. The first-order chi connectivity index (χ1) is 15.1. The number of aromatic hydroxyl groups is 2. The van der Waals surface area contributed by atoms with Crippen molar-refractivity contribution in [3.8, 4) is 17.2 Å². The molecule has 31 heavy (non-hydrogen) atoms. The van der Waals surface area contributed by atoms with Crippen LogP contribution in [-0.2, 0) is 0 Å². The van der Waals surface area contributed by atoms with Gasteiger partial charge in [0, 0.05) is 29.5 Å². The van der Waals surface area contributed by atoms with E-state index in [0.29, 0.717) is 5.11 Å². The molecule has 2 atom stereocenters. The minimum absolute atomic E-state index is 0.173. The van der Waals surface area contributed by atoms with E-state index in [1.54, 1.807) is 30.5 Å². The van der Waals surface area contributed by atoms with Gasteiger partial charge in [-0.15, -0.1) is 0 Å². The summed E-state index contributed by atoms with van der Waals surface area (Å²) in [5.41, 5.74) is 3.70. The predicted octanol–water partition coefficient (Wildman–Crippen LogP) is 4.46. The smallest absolute Gasteiger partial charge is 0.174 e. The van der Waals surface area contributed by atoms with Crippen LogP contribution in [0.4, 0.5) is 5.69 Å². The number of pyridine rings is 1. The maximum atomic E-state index is 9.76. The summed E-state index contributed by atoms with van der Waals surface area (Å²) in [6, 6.07) is 23.7. The van der Waals surface area contributed by atoms with Crippen molar-refractivity contribution in [3.05, 3.63) is 103 Å². The summed E-state index contributed by atoms with van der Waals surface area (Å²) in [6.07, 6.45) is 3.77. The first-order valence-corrected chi connectivity index (χ1v) is 10.3. The number of phenols is 2. The van der Waals surface area contributed by atoms with Crippen molar-refractivity contribution in [2.75, 3.05) is 4.90 Å². The van der Waals surface area contributed by atoms with E-state index in [0.717, 1.165) is 22.8 Å². The van der Waals surface area contributed by atoms with Crippen molar-refractivity contribution in [1.82, 2.24) is 14.9 Å². The Labute approximate surface area is 185 Å². The Bertz CT molecular complexity index is 1210. The van der Waals surface area contributed by atoms with Crippen LogP contribution in [0.1, 0.15) is 23.5 Å². The fourth-order valence-corrected chi connectivity index (χ4v) is 4.38. The molecule has 0 unspecified atom stereocenters. The third-order valence-electron chi connectivity index (χ3n) is 5.44. The number of hydrogen-bond donors (Lipinski definition) is 3. The molecule has 6 nitrogen and oxygen atoms in total. The molecule has 7 heteroatoms. The van der Waals surface area contributed by atoms with Gasteiger partial charge in [0.1, 0.15) is 17.5 Å². The highest BCUT2D eigenvalue weighted by atomic mass is 32.1. The molecular formula is C24H20N4O2S. The number of nitrogens with one attached hydrogen (secondary N) is 1. The summed E-state index contributed by atoms with van der Waals surface area (Å²) in [4.78, 5) is 6.64. The second-order valence-corrected chi connectivity index (χ2v) is 7.72. The molecule has 4 aromatic rings. The van der Waals surface area contributed by atoms with E-state index >= 15 is 0 Å². The van der Waals surface area contributed by atoms with Gasteiger partial charge in [0.2, 0.25) is 0 Å². The molecule has 1 aliphatic rings. The molecule has 3 heterocycles. The molecule has 1 aliphatic heterocycles. The van der Waals surface area contributed by atoms with Crippen LogP contribution in [0, 0.1) is 0 Å². The van der Waals surface area contributed by atoms with Gasteiger partial charge in [-0.3, -0.25) is 4.98 Å². The minimum Gasteiger partial charge on any atom is -0.508 e. The molecule has 3 N–H and O–H groups in total. The van der Waals surface area contributed by atoms with Crippen LogP contribution >= 0.6 is 12.2 Å². The number of rotatable bonds is 4. The van der Waals surface area contributed by atoms with Gasteiger partial charge in [-0.2, -0.15) is 0 Å². The number of thiocarbonyl (C=S) groups is 1. The monoisotopic (exact) mass is 428 g/mol. The van der Waals surface area contributed by atoms with Gasteiger partial charge in [-0.25, -0.2) is 0 Å². The van der Waals surface area contributed by atoms with Gasteiger partial charge in [-0.05, 0) is 85.0 Å². The van der Waals surface area contributed by atoms with Crippen molar-refractivity contribution in [3.63, 3.8) is 0 Å². The standard InChI is InChI=1S/C24H20N4O2S/c29-18-10-6-16(7-11-18)27-15-3-5-21(27)23-22(20-4-1-2-14-25-20)26-24(31)28(23)17-8-12-19(30)13-9-17/h1-15,22-23,29-30H,(H,26,31)/t22-,23-/m1/s1. The van der Waals surface area contributed by atoms with Gasteiger partial charge < -0.3 is 25.0 Å². The van der Waals surface area contributed by atoms with Crippen LogP contribution in [-0.4, -0.2) is 24.9 Å². The Balaban J connectivity index is 1.66. The lowest BCUT2D eigenvalue weighted by atomic mass is 10.0. The van der Waals surface area contributed by atoms with Crippen molar-refractivity contribution in [2.45, 2.75) is 12.1 Å². The zero-order valence-corrected chi connectivity index (χ0v) is 17.3. The van der Waals surface area contributed by atoms with Crippen molar-refractivity contribution in [2.24, 2.45) is 0 Å². The Hall–Kier alpha value is -3.84. The fourth-order valence-electron chi connectivity index (χ4n) is 4.03. The van der Waals surface area contributed by atoms with Crippen LogP contribution in [0.3, 0.4) is 0 Å². The van der Waals surface area contributed by atoms with E-state index in [9.17, 15) is 10.2 Å². The number of aromatic nitrogens is 2. The third kappa shape index (κ3) is 3.49. The molecule has 0 bridgehead atoms. The number of hydrogen-bond acceptors (Lipinski definition) is 4. The van der Waals surface area contributed by atoms with E-state index in [1.165, 1.54) is 0 Å². The van der Waals surface area contributed by atoms with Gasteiger partial charge in [0.25, 0.3) is 0 Å². The minimum atomic E-state index is -0.184. The average molecular weight is 429 g/mol. The maximum Gasteiger partial charge on any atom is 0.174 e. The van der Waals surface area contributed by atoms with Gasteiger partial charge in [-0.1, -0.05) is 6.07 Å². The highest BCUT2D eigenvalue weighted by molar-refractivity contribution is 7.80. The zero-order valence-electron chi connectivity index (χ0n) is 16.5. The van der Waals surface area contributed by atoms with Crippen molar-refractivity contribution >= 4 is 23.0 Å². The largest absolute Gasteiger partial charge is 0.508 e. The van der Waals surface area contributed by atoms with E-state index in [1.807, 2.05) is 54.7 Å². The highest BCUT2D eigenvalue weighted by Gasteiger charge is 2.42. The predicted molar refractivity (Wildman–Crippen MR) is 123 cm³/mol. The number of nitrogens with zero attached hydrogens (tertiary/aromatic N) is 3. The molecule has 2 aromatic heterocycles. The topological polar surface area (TPSA) is 73.5 Å². The lowest BCUT2D eigenvalue weighted by Crippen LogP contribution is -2.30. The van der Waals surface area contributed by atoms with Gasteiger partial charge in [0.15, 0.2) is 5.11 Å². The van der Waals surface area contributed by atoms with Crippen molar-refractivity contribution < 1.29 is 10.2 Å². The maximum absolute atomic E-state index is 9.76. The van der Waals surface area contributed by atoms with Crippen molar-refractivity contribution in [1.29, 1.82) is 0 Å². The fraction of sp³-hybridized carbons (Fsp3) is 0.0833. The summed E-state index contributed by atoms with van der Waals surface area (Å²) >= 11 is 5.74. The average Bonchev–Trinajstić information content (AvgIpc) is 3.40. The van der Waals surface area contributed by atoms with E-state index in [-0.39, 0.29) is 23.6 Å². The number of anilines is 1. The third-order valence-corrected chi connectivity index (χ3v) is 5.75. The first-order valence-electron chi connectivity index (χ1n) is 9.88. The molecule has 1 fully saturated rings. The zero-order chi connectivity index (χ0) is 21.4. The number of benzene rings is 2. The molecule has 0 amide bonds. The molecule has 154 valence electrons. The van der Waals surface area contributed by atoms with E-state index in [4.69, 9.17) is 12.2 Å². The Morgan fingerprint density at radius 2 is 1.48 bits per heavy atom. The van der Waals surface area contributed by atoms with Crippen LogP contribution in [0.2, 0.25) is 0 Å². The molecule has 0 radical (unpaired) electrons. The first kappa shape index (κ1) is 19.1. The summed E-state index contributed by atoms with van der Waals surface area (Å²) in [6.45, 7) is 0. The molecule has 1 saturated heterocycles. The Morgan fingerprint density at radius 3 is 2.13 bits per heavy atom. The normalized spacial score (nSPS) is 18.2. The molecule has 0 aliphatic carbocycles. The summed E-state index contributed by atoms with van der Waals surface area (Å²) in [7, 11) is 0. The lowest BCUT2D eigenvalue weighted by Gasteiger charge is -2.29. The molecule has 0 saturated carbocycles. The summed E-state index contributed by atoms with van der Waals surface area (Å²) in [5.74, 6) is 0.422. The SMILES string of the molecule is Oc1ccc(N2C(=S)N[C@H](c3ccccn3)[C@H]2c2cccn2-c2ccc(O)cc2)cc1. The molecular weight excluding hydrogens is 408 g/mol. The van der Waals surface area contributed by atoms with Gasteiger partial charge >= 0.3 is 0 Å². The summed E-state index contributed by atoms with van der Waals surface area (Å²) in [5, 5.41) is 23.5. The second-order valence-electron chi connectivity index (χ2n) is 7.33. The molecule has 2 aromatic carbocycles. The van der Waals surface area contributed by atoms with Crippen LogP contribution in [0.25, 0.3) is 5.69 Å². The van der Waals surface area contributed by atoms with Crippen LogP contribution in [0.5, 0.6) is 11.5 Å².